The van der Waals surface area contributed by atoms with Crippen LogP contribution in [0.2, 0.25) is 0 Å². The van der Waals surface area contributed by atoms with Crippen molar-refractivity contribution in [2.75, 3.05) is 12.3 Å². The molecule has 1 amide bonds. The molecule has 0 unspecified atom stereocenters. The van der Waals surface area contributed by atoms with Gasteiger partial charge >= 0.3 is 0 Å². The maximum absolute atomic E-state index is 12.1. The average molecular weight is 303 g/mol. The van der Waals surface area contributed by atoms with Crippen molar-refractivity contribution in [1.29, 1.82) is 0 Å². The lowest BCUT2D eigenvalue weighted by molar-refractivity contribution is 0.0952. The fourth-order valence-electron chi connectivity index (χ4n) is 2.10. The summed E-state index contributed by atoms with van der Waals surface area (Å²) >= 11 is 1.70. The van der Waals surface area contributed by atoms with Gasteiger partial charge in [0.25, 0.3) is 5.91 Å². The molecule has 0 aliphatic carbocycles. The lowest BCUT2D eigenvalue weighted by Gasteiger charge is -2.08. The molecule has 2 rings (SSSR count). The van der Waals surface area contributed by atoms with E-state index in [0.29, 0.717) is 17.8 Å². The van der Waals surface area contributed by atoms with Gasteiger partial charge in [0.15, 0.2) is 0 Å². The molecule has 4 nitrogen and oxygen atoms in total. The number of anilines is 1. The van der Waals surface area contributed by atoms with Gasteiger partial charge in [0.2, 0.25) is 0 Å². The monoisotopic (exact) mass is 303 g/mol. The number of thiazole rings is 1. The third-order valence-electron chi connectivity index (χ3n) is 3.28. The Morgan fingerprint density at radius 3 is 2.86 bits per heavy atom. The van der Waals surface area contributed by atoms with Crippen LogP contribution in [0.25, 0.3) is 0 Å². The smallest absolute Gasteiger partial charge is 0.251 e. The van der Waals surface area contributed by atoms with E-state index >= 15 is 0 Å². The first kappa shape index (κ1) is 15.5. The summed E-state index contributed by atoms with van der Waals surface area (Å²) in [7, 11) is 0. The highest BCUT2D eigenvalue weighted by molar-refractivity contribution is 7.09. The highest BCUT2D eigenvalue weighted by atomic mass is 32.1. The van der Waals surface area contributed by atoms with Gasteiger partial charge in [-0.05, 0) is 50.8 Å². The molecule has 0 bridgehead atoms. The zero-order chi connectivity index (χ0) is 15.2. The SMILES string of the molecule is Cc1csc(CCCCNC(=O)c2cc(N)ccc2C)n1. The number of nitrogens with one attached hydrogen (secondary N) is 1. The molecule has 0 aliphatic heterocycles. The van der Waals surface area contributed by atoms with Crippen LogP contribution in [0.3, 0.4) is 0 Å². The standard InChI is InChI=1S/C16H21N3OS/c1-11-6-7-13(17)9-14(11)16(20)18-8-4-3-5-15-19-12(2)10-21-15/h6-7,9-10H,3-5,8,17H2,1-2H3,(H,18,20). The van der Waals surface area contributed by atoms with Crippen molar-refractivity contribution in [3.8, 4) is 0 Å². The Labute approximate surface area is 129 Å². The van der Waals surface area contributed by atoms with Gasteiger partial charge in [-0.2, -0.15) is 0 Å². The van der Waals surface area contributed by atoms with E-state index in [2.05, 4.69) is 15.7 Å². The summed E-state index contributed by atoms with van der Waals surface area (Å²) in [4.78, 5) is 16.5. The number of aromatic nitrogens is 1. The molecule has 0 saturated heterocycles. The Morgan fingerprint density at radius 2 is 2.14 bits per heavy atom. The molecule has 3 N–H and O–H groups in total. The first-order chi connectivity index (χ1) is 10.1. The Hall–Kier alpha value is -1.88. The molecule has 0 atom stereocenters. The molecule has 112 valence electrons. The van der Waals surface area contributed by atoms with E-state index in [4.69, 9.17) is 5.73 Å². The van der Waals surface area contributed by atoms with E-state index in [9.17, 15) is 4.79 Å². The van der Waals surface area contributed by atoms with E-state index in [1.807, 2.05) is 26.0 Å². The first-order valence-corrected chi connectivity index (χ1v) is 7.99. The number of benzene rings is 1. The summed E-state index contributed by atoms with van der Waals surface area (Å²) in [5, 5.41) is 6.19. The Kier molecular flexibility index (Phi) is 5.33. The minimum atomic E-state index is -0.0510. The second-order valence-electron chi connectivity index (χ2n) is 5.17. The maximum atomic E-state index is 12.1. The van der Waals surface area contributed by atoms with Gasteiger partial charge < -0.3 is 11.1 Å². The van der Waals surface area contributed by atoms with E-state index in [0.717, 1.165) is 30.5 Å². The summed E-state index contributed by atoms with van der Waals surface area (Å²) in [6.07, 6.45) is 2.96. The second-order valence-corrected chi connectivity index (χ2v) is 6.11. The molecule has 1 aromatic carbocycles. The fraction of sp³-hybridized carbons (Fsp3) is 0.375. The molecule has 5 heteroatoms. The Bertz CT molecular complexity index is 622. The summed E-state index contributed by atoms with van der Waals surface area (Å²) in [5.41, 5.74) is 9.02. The van der Waals surface area contributed by atoms with Gasteiger partial charge in [0.05, 0.1) is 5.01 Å². The van der Waals surface area contributed by atoms with Crippen molar-refractivity contribution in [2.45, 2.75) is 33.1 Å². The minimum Gasteiger partial charge on any atom is -0.399 e. The van der Waals surface area contributed by atoms with Gasteiger partial charge in [0.1, 0.15) is 0 Å². The predicted molar refractivity (Wildman–Crippen MR) is 87.7 cm³/mol. The Morgan fingerprint density at radius 1 is 1.33 bits per heavy atom. The van der Waals surface area contributed by atoms with Gasteiger partial charge in [-0.3, -0.25) is 4.79 Å². The van der Waals surface area contributed by atoms with Crippen LogP contribution in [-0.2, 0) is 6.42 Å². The third-order valence-corrected chi connectivity index (χ3v) is 4.30. The van der Waals surface area contributed by atoms with Crippen LogP contribution >= 0.6 is 11.3 Å². The first-order valence-electron chi connectivity index (χ1n) is 7.11. The van der Waals surface area contributed by atoms with Crippen molar-refractivity contribution in [3.63, 3.8) is 0 Å². The van der Waals surface area contributed by atoms with Crippen LogP contribution in [0.15, 0.2) is 23.6 Å². The van der Waals surface area contributed by atoms with Crippen molar-refractivity contribution in [3.05, 3.63) is 45.4 Å². The van der Waals surface area contributed by atoms with Crippen molar-refractivity contribution in [1.82, 2.24) is 10.3 Å². The van der Waals surface area contributed by atoms with Gasteiger partial charge in [-0.15, -0.1) is 11.3 Å². The predicted octanol–water partition coefficient (Wildman–Crippen LogP) is 3.09. The molecule has 0 radical (unpaired) electrons. The molecule has 0 spiro atoms. The summed E-state index contributed by atoms with van der Waals surface area (Å²) in [5.74, 6) is -0.0510. The van der Waals surface area contributed by atoms with Crippen LogP contribution < -0.4 is 11.1 Å². The molecule has 1 heterocycles. The van der Waals surface area contributed by atoms with E-state index < -0.39 is 0 Å². The third kappa shape index (κ3) is 4.56. The summed E-state index contributed by atoms with van der Waals surface area (Å²) in [6, 6.07) is 5.40. The van der Waals surface area contributed by atoms with Gasteiger partial charge in [0, 0.05) is 28.9 Å². The number of rotatable bonds is 6. The number of unbranched alkanes of at least 4 members (excludes halogenated alkanes) is 1. The highest BCUT2D eigenvalue weighted by Gasteiger charge is 2.08. The van der Waals surface area contributed by atoms with Crippen LogP contribution in [-0.4, -0.2) is 17.4 Å². The number of nitrogen functional groups attached to an aromatic ring is 1. The molecular formula is C16H21N3OS. The zero-order valence-corrected chi connectivity index (χ0v) is 13.3. The second kappa shape index (κ2) is 7.22. The largest absolute Gasteiger partial charge is 0.399 e. The van der Waals surface area contributed by atoms with Gasteiger partial charge in [-0.25, -0.2) is 4.98 Å². The number of carbonyl (C=O) groups excluding carboxylic acids is 1. The number of amides is 1. The molecule has 0 fully saturated rings. The lowest BCUT2D eigenvalue weighted by Crippen LogP contribution is -2.25. The van der Waals surface area contributed by atoms with Crippen molar-refractivity contribution < 1.29 is 4.79 Å². The zero-order valence-electron chi connectivity index (χ0n) is 12.5. The minimum absolute atomic E-state index is 0.0510. The highest BCUT2D eigenvalue weighted by Crippen LogP contribution is 2.13. The number of aryl methyl sites for hydroxylation is 3. The normalized spacial score (nSPS) is 10.6. The van der Waals surface area contributed by atoms with Crippen molar-refractivity contribution >= 4 is 22.9 Å². The number of carbonyl (C=O) groups is 1. The van der Waals surface area contributed by atoms with Crippen LogP contribution in [0.1, 0.15) is 39.5 Å². The summed E-state index contributed by atoms with van der Waals surface area (Å²) in [6.45, 7) is 4.60. The molecule has 0 saturated carbocycles. The lowest BCUT2D eigenvalue weighted by atomic mass is 10.1. The van der Waals surface area contributed by atoms with Crippen LogP contribution in [0, 0.1) is 13.8 Å². The number of hydrogen-bond donors (Lipinski definition) is 2. The van der Waals surface area contributed by atoms with E-state index in [1.165, 1.54) is 5.01 Å². The number of nitrogens with two attached hydrogens (primary N) is 1. The quantitative estimate of drug-likeness (QED) is 0.636. The van der Waals surface area contributed by atoms with Crippen molar-refractivity contribution in [2.24, 2.45) is 0 Å². The Balaban J connectivity index is 1.73. The average Bonchev–Trinajstić information content (AvgIpc) is 2.86. The topological polar surface area (TPSA) is 68.0 Å². The molecule has 1 aromatic heterocycles. The maximum Gasteiger partial charge on any atom is 0.251 e. The molecular weight excluding hydrogens is 282 g/mol. The summed E-state index contributed by atoms with van der Waals surface area (Å²) < 4.78 is 0. The van der Waals surface area contributed by atoms with Crippen LogP contribution in [0.5, 0.6) is 0 Å². The molecule has 2 aromatic rings. The number of nitrogens with zero attached hydrogens (tertiary/aromatic N) is 1. The fourth-order valence-corrected chi connectivity index (χ4v) is 2.92. The van der Waals surface area contributed by atoms with E-state index in [-0.39, 0.29) is 5.91 Å². The molecule has 0 aliphatic rings. The van der Waals surface area contributed by atoms with Gasteiger partial charge in [-0.1, -0.05) is 6.07 Å². The number of hydrogen-bond acceptors (Lipinski definition) is 4. The van der Waals surface area contributed by atoms with Crippen LogP contribution in [0.4, 0.5) is 5.69 Å². The molecule has 21 heavy (non-hydrogen) atoms. The van der Waals surface area contributed by atoms with E-state index in [1.54, 1.807) is 17.4 Å².